The molecule has 1 saturated carbocycles. The Balaban J connectivity index is 1.74. The number of nitrogens with zero attached hydrogens (tertiary/aromatic N) is 3. The molecular weight excluding hydrogens is 410 g/mol. The zero-order valence-corrected chi connectivity index (χ0v) is 18.0. The van der Waals surface area contributed by atoms with Gasteiger partial charge in [-0.25, -0.2) is 4.68 Å². The van der Waals surface area contributed by atoms with Gasteiger partial charge in [0.15, 0.2) is 24.5 Å². The van der Waals surface area contributed by atoms with Crippen molar-refractivity contribution >= 4 is 17.9 Å². The zero-order chi connectivity index (χ0) is 22.4. The predicted molar refractivity (Wildman–Crippen MR) is 103 cm³/mol. The van der Waals surface area contributed by atoms with Crippen LogP contribution in [0.2, 0.25) is 0 Å². The maximum atomic E-state index is 11.7. The summed E-state index contributed by atoms with van der Waals surface area (Å²) in [5.41, 5.74) is 0.599. The molecule has 1 aromatic rings. The summed E-state index contributed by atoms with van der Waals surface area (Å²) in [6.45, 7) is 3.90. The van der Waals surface area contributed by atoms with E-state index in [1.54, 1.807) is 6.20 Å². The normalized spacial score (nSPS) is 26.8. The molecule has 31 heavy (non-hydrogen) atoms. The van der Waals surface area contributed by atoms with Gasteiger partial charge in [0.05, 0.1) is 25.5 Å². The van der Waals surface area contributed by atoms with Crippen LogP contribution in [0.3, 0.4) is 0 Å². The first-order valence-electron chi connectivity index (χ1n) is 10.5. The van der Waals surface area contributed by atoms with E-state index in [0.29, 0.717) is 12.3 Å². The SMILES string of the molecule is CC(=O)O[C@@H]1[C@@H](OC(C)=O)[C@H](OC(C)=O)CO[C@H]1n1cc(COC2CCCCC2)nn1. The Kier molecular flexibility index (Phi) is 7.97. The van der Waals surface area contributed by atoms with Gasteiger partial charge in [-0.15, -0.1) is 5.10 Å². The Hall–Kier alpha value is -2.53. The van der Waals surface area contributed by atoms with E-state index in [1.807, 2.05) is 0 Å². The highest BCUT2D eigenvalue weighted by Crippen LogP contribution is 2.30. The molecule has 0 bridgehead atoms. The van der Waals surface area contributed by atoms with Gasteiger partial charge in [-0.05, 0) is 12.8 Å². The third-order valence-electron chi connectivity index (χ3n) is 5.16. The molecule has 0 N–H and O–H groups in total. The summed E-state index contributed by atoms with van der Waals surface area (Å²) in [4.78, 5) is 34.9. The van der Waals surface area contributed by atoms with Gasteiger partial charge in [-0.1, -0.05) is 24.5 Å². The number of carbonyl (C=O) groups excluding carboxylic acids is 3. The molecule has 1 aliphatic heterocycles. The van der Waals surface area contributed by atoms with Gasteiger partial charge in [-0.2, -0.15) is 0 Å². The minimum atomic E-state index is -1.09. The highest BCUT2D eigenvalue weighted by molar-refractivity contribution is 5.68. The summed E-state index contributed by atoms with van der Waals surface area (Å²) in [6.07, 6.45) is 3.50. The van der Waals surface area contributed by atoms with Crippen LogP contribution in [0.1, 0.15) is 64.8 Å². The van der Waals surface area contributed by atoms with Gasteiger partial charge >= 0.3 is 17.9 Å². The summed E-state index contributed by atoms with van der Waals surface area (Å²) in [5, 5.41) is 8.20. The van der Waals surface area contributed by atoms with Crippen molar-refractivity contribution in [2.45, 2.75) is 90.1 Å². The molecule has 172 valence electrons. The fraction of sp³-hybridized carbons (Fsp3) is 0.750. The molecule has 0 spiro atoms. The number of hydrogen-bond donors (Lipinski definition) is 0. The fourth-order valence-electron chi connectivity index (χ4n) is 3.89. The van der Waals surface area contributed by atoms with Gasteiger partial charge in [0.2, 0.25) is 0 Å². The number of hydrogen-bond acceptors (Lipinski definition) is 10. The van der Waals surface area contributed by atoms with Crippen LogP contribution in [-0.2, 0) is 44.7 Å². The van der Waals surface area contributed by atoms with E-state index in [9.17, 15) is 14.4 Å². The van der Waals surface area contributed by atoms with Crippen LogP contribution in [0, 0.1) is 0 Å². The second-order valence-electron chi connectivity index (χ2n) is 7.78. The molecule has 11 nitrogen and oxygen atoms in total. The lowest BCUT2D eigenvalue weighted by Crippen LogP contribution is -2.55. The molecule has 1 aliphatic carbocycles. The van der Waals surface area contributed by atoms with E-state index < -0.39 is 42.4 Å². The van der Waals surface area contributed by atoms with Crippen LogP contribution in [0.15, 0.2) is 6.20 Å². The lowest BCUT2D eigenvalue weighted by Gasteiger charge is -2.40. The van der Waals surface area contributed by atoms with Gasteiger partial charge < -0.3 is 23.7 Å². The monoisotopic (exact) mass is 439 g/mol. The smallest absolute Gasteiger partial charge is 0.303 e. The van der Waals surface area contributed by atoms with E-state index in [1.165, 1.54) is 44.7 Å². The Bertz CT molecular complexity index is 776. The van der Waals surface area contributed by atoms with E-state index in [-0.39, 0.29) is 12.7 Å². The zero-order valence-electron chi connectivity index (χ0n) is 18.0. The lowest BCUT2D eigenvalue weighted by molar-refractivity contribution is -0.241. The van der Waals surface area contributed by atoms with Crippen LogP contribution < -0.4 is 0 Å². The van der Waals surface area contributed by atoms with Crippen LogP contribution in [0.25, 0.3) is 0 Å². The Labute approximate surface area is 180 Å². The molecule has 2 fully saturated rings. The summed E-state index contributed by atoms with van der Waals surface area (Å²) >= 11 is 0. The minimum absolute atomic E-state index is 0.0757. The van der Waals surface area contributed by atoms with Crippen LogP contribution >= 0.6 is 0 Å². The number of rotatable bonds is 7. The maximum Gasteiger partial charge on any atom is 0.303 e. The van der Waals surface area contributed by atoms with Crippen LogP contribution in [0.5, 0.6) is 0 Å². The average molecular weight is 439 g/mol. The fourth-order valence-corrected chi connectivity index (χ4v) is 3.89. The topological polar surface area (TPSA) is 128 Å². The van der Waals surface area contributed by atoms with E-state index >= 15 is 0 Å². The summed E-state index contributed by atoms with van der Waals surface area (Å²) in [6, 6.07) is 0. The number of ether oxygens (including phenoxy) is 5. The highest BCUT2D eigenvalue weighted by Gasteiger charge is 2.48. The number of carbonyl (C=O) groups is 3. The summed E-state index contributed by atoms with van der Waals surface area (Å²) in [5.74, 6) is -1.80. The molecule has 0 unspecified atom stereocenters. The van der Waals surface area contributed by atoms with Gasteiger partial charge in [0.1, 0.15) is 5.69 Å². The van der Waals surface area contributed by atoms with Crippen molar-refractivity contribution in [2.75, 3.05) is 6.61 Å². The first-order chi connectivity index (χ1) is 14.8. The third kappa shape index (κ3) is 6.47. The molecular formula is C20H29N3O8. The minimum Gasteiger partial charge on any atom is -0.456 e. The maximum absolute atomic E-state index is 11.7. The van der Waals surface area contributed by atoms with Gasteiger partial charge in [0, 0.05) is 20.8 Å². The standard InChI is InChI=1S/C20H29N3O8/c1-12(24)29-17-11-28-20(19(31-14(3)26)18(17)30-13(2)25)23-9-15(21-22-23)10-27-16-7-5-4-6-8-16/h9,16-20H,4-8,10-11H2,1-3H3/t17-,18+,19-,20-/m1/s1. The summed E-state index contributed by atoms with van der Waals surface area (Å²) in [7, 11) is 0. The first-order valence-corrected chi connectivity index (χ1v) is 10.5. The predicted octanol–water partition coefficient (Wildman–Crippen LogP) is 1.45. The van der Waals surface area contributed by atoms with E-state index in [4.69, 9.17) is 23.7 Å². The molecule has 11 heteroatoms. The van der Waals surface area contributed by atoms with Crippen LogP contribution in [-0.4, -0.2) is 63.9 Å². The molecule has 2 heterocycles. The molecule has 3 rings (SSSR count). The quantitative estimate of drug-likeness (QED) is 0.455. The van der Waals surface area contributed by atoms with E-state index in [0.717, 1.165) is 12.8 Å². The van der Waals surface area contributed by atoms with Crippen molar-refractivity contribution in [3.05, 3.63) is 11.9 Å². The molecule has 4 atom stereocenters. The van der Waals surface area contributed by atoms with Gasteiger partial charge in [0.25, 0.3) is 0 Å². The molecule has 1 aromatic heterocycles. The molecule has 0 amide bonds. The van der Waals surface area contributed by atoms with Crippen molar-refractivity contribution in [1.29, 1.82) is 0 Å². The average Bonchev–Trinajstić information content (AvgIpc) is 3.17. The lowest BCUT2D eigenvalue weighted by atomic mass is 9.98. The van der Waals surface area contributed by atoms with Gasteiger partial charge in [-0.3, -0.25) is 14.4 Å². The molecule has 0 aromatic carbocycles. The Morgan fingerprint density at radius 3 is 2.29 bits per heavy atom. The number of esters is 3. The molecule has 0 radical (unpaired) electrons. The molecule has 2 aliphatic rings. The molecule has 1 saturated heterocycles. The number of aromatic nitrogens is 3. The van der Waals surface area contributed by atoms with Crippen LogP contribution in [0.4, 0.5) is 0 Å². The van der Waals surface area contributed by atoms with E-state index in [2.05, 4.69) is 10.3 Å². The second kappa shape index (κ2) is 10.7. The van der Waals surface area contributed by atoms with Crippen molar-refractivity contribution in [1.82, 2.24) is 15.0 Å². The van der Waals surface area contributed by atoms with Crippen molar-refractivity contribution < 1.29 is 38.1 Å². The third-order valence-corrected chi connectivity index (χ3v) is 5.16. The van der Waals surface area contributed by atoms with Crippen molar-refractivity contribution in [3.63, 3.8) is 0 Å². The van der Waals surface area contributed by atoms with Crippen molar-refractivity contribution in [3.8, 4) is 0 Å². The largest absolute Gasteiger partial charge is 0.456 e. The van der Waals surface area contributed by atoms with Crippen molar-refractivity contribution in [2.24, 2.45) is 0 Å². The first kappa shape index (κ1) is 23.1. The highest BCUT2D eigenvalue weighted by atomic mass is 16.6. The Morgan fingerprint density at radius 2 is 1.65 bits per heavy atom. The summed E-state index contributed by atoms with van der Waals surface area (Å²) < 4.78 is 29.1. The second-order valence-corrected chi connectivity index (χ2v) is 7.78. The Morgan fingerprint density at radius 1 is 1.00 bits per heavy atom.